The van der Waals surface area contributed by atoms with Gasteiger partial charge in [-0.3, -0.25) is 4.99 Å². The molecule has 2 aliphatic rings. The summed E-state index contributed by atoms with van der Waals surface area (Å²) in [7, 11) is 1.85. The first-order valence-corrected chi connectivity index (χ1v) is 8.85. The number of aliphatic imine (C=N–C) groups is 1. The number of hydrogen-bond donors (Lipinski definition) is 2. The number of nitrogens with one attached hydrogen (secondary N) is 2. The molecule has 2 N–H and O–H groups in total. The zero-order valence-electron chi connectivity index (χ0n) is 15.0. The van der Waals surface area contributed by atoms with E-state index in [2.05, 4.69) is 48.2 Å². The largest absolute Gasteiger partial charge is 0.377 e. The normalized spacial score (nSPS) is 30.1. The van der Waals surface area contributed by atoms with E-state index in [-0.39, 0.29) is 5.41 Å². The third kappa shape index (κ3) is 3.57. The van der Waals surface area contributed by atoms with E-state index < -0.39 is 0 Å². The molecule has 0 aromatic carbocycles. The molecule has 2 fully saturated rings. The van der Waals surface area contributed by atoms with Crippen LogP contribution in [0.4, 0.5) is 0 Å². The summed E-state index contributed by atoms with van der Waals surface area (Å²) in [5.74, 6) is 1.57. The topological polar surface area (TPSA) is 48.9 Å². The van der Waals surface area contributed by atoms with Gasteiger partial charge in [-0.15, -0.1) is 0 Å². The predicted molar refractivity (Wildman–Crippen MR) is 92.3 cm³/mol. The van der Waals surface area contributed by atoms with Crippen molar-refractivity contribution in [3.63, 3.8) is 0 Å². The van der Waals surface area contributed by atoms with Crippen molar-refractivity contribution >= 4 is 5.96 Å². The van der Waals surface area contributed by atoms with Crippen LogP contribution in [0.3, 0.4) is 0 Å². The molecular weight excluding hydrogens is 276 g/mol. The van der Waals surface area contributed by atoms with E-state index in [0.29, 0.717) is 18.1 Å². The number of fused-ring (bicyclic) bond motifs is 1. The highest BCUT2D eigenvalue weighted by molar-refractivity contribution is 5.80. The standard InChI is InChI=1S/C17H34N4O/c1-6-10-21(7-2)11-9-19-16(18-5)20-14-13-8-12-22-15(13)17(14,3)4/h13-15H,6-12H2,1-5H3,(H2,18,19,20). The van der Waals surface area contributed by atoms with Gasteiger partial charge in [0.2, 0.25) is 0 Å². The lowest BCUT2D eigenvalue weighted by Gasteiger charge is -2.54. The summed E-state index contributed by atoms with van der Waals surface area (Å²) in [6, 6.07) is 0.462. The van der Waals surface area contributed by atoms with Gasteiger partial charge in [0.25, 0.3) is 0 Å². The molecule has 3 unspecified atom stereocenters. The van der Waals surface area contributed by atoms with Gasteiger partial charge in [0.15, 0.2) is 5.96 Å². The van der Waals surface area contributed by atoms with Gasteiger partial charge in [-0.05, 0) is 25.9 Å². The van der Waals surface area contributed by atoms with Crippen molar-refractivity contribution in [2.24, 2.45) is 16.3 Å². The van der Waals surface area contributed by atoms with E-state index in [0.717, 1.165) is 32.2 Å². The number of nitrogens with zero attached hydrogens (tertiary/aromatic N) is 2. The van der Waals surface area contributed by atoms with Gasteiger partial charge in [-0.2, -0.15) is 0 Å². The molecule has 1 saturated heterocycles. The van der Waals surface area contributed by atoms with Crippen molar-refractivity contribution < 1.29 is 4.74 Å². The molecule has 1 aliphatic carbocycles. The Morgan fingerprint density at radius 2 is 2.09 bits per heavy atom. The highest BCUT2D eigenvalue weighted by Crippen LogP contribution is 2.51. The second-order valence-electron chi connectivity index (χ2n) is 7.12. The number of ether oxygens (including phenoxy) is 1. The maximum atomic E-state index is 5.86. The lowest BCUT2D eigenvalue weighted by molar-refractivity contribution is -0.106. The van der Waals surface area contributed by atoms with Crippen LogP contribution in [-0.4, -0.2) is 62.8 Å². The van der Waals surface area contributed by atoms with Gasteiger partial charge in [0.1, 0.15) is 0 Å². The summed E-state index contributed by atoms with van der Waals surface area (Å²) in [6.07, 6.45) is 2.80. The van der Waals surface area contributed by atoms with Gasteiger partial charge < -0.3 is 20.3 Å². The Kier molecular flexibility index (Phi) is 6.09. The van der Waals surface area contributed by atoms with Gasteiger partial charge in [0.05, 0.1) is 6.10 Å². The first-order chi connectivity index (χ1) is 10.5. The lowest BCUT2D eigenvalue weighted by atomic mass is 9.57. The monoisotopic (exact) mass is 310 g/mol. The Hall–Kier alpha value is -0.810. The Balaban J connectivity index is 1.78. The summed E-state index contributed by atoms with van der Waals surface area (Å²) in [6.45, 7) is 14.2. The van der Waals surface area contributed by atoms with Crippen molar-refractivity contribution in [3.05, 3.63) is 0 Å². The summed E-state index contributed by atoms with van der Waals surface area (Å²) in [5.41, 5.74) is 0.191. The highest BCUT2D eigenvalue weighted by atomic mass is 16.5. The van der Waals surface area contributed by atoms with Crippen LogP contribution in [-0.2, 0) is 4.74 Å². The molecule has 0 aromatic heterocycles. The minimum absolute atomic E-state index is 0.191. The lowest BCUT2D eigenvalue weighted by Crippen LogP contribution is -2.68. The molecule has 1 aliphatic heterocycles. The zero-order valence-corrected chi connectivity index (χ0v) is 15.0. The summed E-state index contributed by atoms with van der Waals surface area (Å²) >= 11 is 0. The average molecular weight is 310 g/mol. The van der Waals surface area contributed by atoms with Crippen molar-refractivity contribution in [1.82, 2.24) is 15.5 Å². The summed E-state index contributed by atoms with van der Waals surface area (Å²) in [5, 5.41) is 7.09. The zero-order chi connectivity index (χ0) is 16.2. The third-order valence-electron chi connectivity index (χ3n) is 5.32. The molecule has 128 valence electrons. The summed E-state index contributed by atoms with van der Waals surface area (Å²) in [4.78, 5) is 6.86. The minimum Gasteiger partial charge on any atom is -0.377 e. The van der Waals surface area contributed by atoms with Crippen LogP contribution in [0.1, 0.15) is 40.5 Å². The second-order valence-corrected chi connectivity index (χ2v) is 7.12. The summed E-state index contributed by atoms with van der Waals surface area (Å²) < 4.78 is 5.86. The molecule has 2 rings (SSSR count). The van der Waals surface area contributed by atoms with E-state index in [1.807, 2.05) is 7.05 Å². The Morgan fingerprint density at radius 1 is 1.32 bits per heavy atom. The second kappa shape index (κ2) is 7.64. The van der Waals surface area contributed by atoms with Gasteiger partial charge >= 0.3 is 0 Å². The molecule has 22 heavy (non-hydrogen) atoms. The quantitative estimate of drug-likeness (QED) is 0.555. The van der Waals surface area contributed by atoms with Crippen LogP contribution >= 0.6 is 0 Å². The van der Waals surface area contributed by atoms with Gasteiger partial charge in [-0.1, -0.05) is 27.7 Å². The van der Waals surface area contributed by atoms with E-state index >= 15 is 0 Å². The first kappa shape index (κ1) is 17.5. The highest BCUT2D eigenvalue weighted by Gasteiger charge is 2.59. The van der Waals surface area contributed by atoms with Gasteiger partial charge in [0, 0.05) is 44.1 Å². The van der Waals surface area contributed by atoms with Crippen LogP contribution in [0.5, 0.6) is 0 Å². The van der Waals surface area contributed by atoms with Crippen LogP contribution in [0, 0.1) is 11.3 Å². The van der Waals surface area contributed by atoms with E-state index in [9.17, 15) is 0 Å². The average Bonchev–Trinajstić information content (AvgIpc) is 2.96. The maximum absolute atomic E-state index is 5.86. The number of rotatable bonds is 7. The predicted octanol–water partition coefficient (Wildman–Crippen LogP) is 1.70. The fraction of sp³-hybridized carbons (Fsp3) is 0.941. The number of hydrogen-bond acceptors (Lipinski definition) is 3. The third-order valence-corrected chi connectivity index (χ3v) is 5.32. The molecule has 0 radical (unpaired) electrons. The van der Waals surface area contributed by atoms with E-state index in [4.69, 9.17) is 4.74 Å². The van der Waals surface area contributed by atoms with Crippen molar-refractivity contribution in [2.75, 3.05) is 39.8 Å². The Morgan fingerprint density at radius 3 is 2.73 bits per heavy atom. The van der Waals surface area contributed by atoms with Gasteiger partial charge in [-0.25, -0.2) is 0 Å². The molecule has 0 bridgehead atoms. The van der Waals surface area contributed by atoms with Crippen molar-refractivity contribution in [2.45, 2.75) is 52.7 Å². The Bertz CT molecular complexity index is 383. The molecular formula is C17H34N4O. The van der Waals surface area contributed by atoms with Crippen LogP contribution in [0.15, 0.2) is 4.99 Å². The van der Waals surface area contributed by atoms with Crippen LogP contribution in [0.25, 0.3) is 0 Å². The van der Waals surface area contributed by atoms with Crippen molar-refractivity contribution in [3.8, 4) is 0 Å². The maximum Gasteiger partial charge on any atom is 0.191 e. The number of likely N-dealkylation sites (N-methyl/N-ethyl adjacent to an activating group) is 1. The Labute approximate surface area is 135 Å². The van der Waals surface area contributed by atoms with E-state index in [1.54, 1.807) is 0 Å². The smallest absolute Gasteiger partial charge is 0.191 e. The van der Waals surface area contributed by atoms with E-state index in [1.165, 1.54) is 19.4 Å². The fourth-order valence-electron chi connectivity index (χ4n) is 4.04. The number of guanidine groups is 1. The molecule has 1 heterocycles. The molecule has 3 atom stereocenters. The molecule has 0 spiro atoms. The first-order valence-electron chi connectivity index (χ1n) is 8.85. The molecule has 1 saturated carbocycles. The molecule has 0 amide bonds. The molecule has 5 nitrogen and oxygen atoms in total. The van der Waals surface area contributed by atoms with Crippen LogP contribution < -0.4 is 10.6 Å². The van der Waals surface area contributed by atoms with Crippen molar-refractivity contribution in [1.29, 1.82) is 0 Å². The molecule has 0 aromatic rings. The fourth-order valence-corrected chi connectivity index (χ4v) is 4.04. The SMILES string of the molecule is CCCN(CC)CCNC(=NC)NC1C2CCOC2C1(C)C. The van der Waals surface area contributed by atoms with Crippen LogP contribution in [0.2, 0.25) is 0 Å². The minimum atomic E-state index is 0.191. The molecule has 5 heteroatoms.